The fraction of sp³-hybridized carbons (Fsp3) is 0.300. The summed E-state index contributed by atoms with van der Waals surface area (Å²) in [6.07, 6.45) is 4.21. The van der Waals surface area contributed by atoms with Crippen molar-refractivity contribution in [2.75, 3.05) is 10.6 Å². The largest absolute Gasteiger partial charge is 0.348 e. The molecule has 1 fully saturated rings. The van der Waals surface area contributed by atoms with Gasteiger partial charge in [-0.1, -0.05) is 25.0 Å². The average Bonchev–Trinajstić information content (AvgIpc) is 3.14. The molecule has 3 rings (SSSR count). The van der Waals surface area contributed by atoms with Gasteiger partial charge in [-0.2, -0.15) is 0 Å². The molecule has 0 atom stereocenters. The molecule has 0 spiro atoms. The van der Waals surface area contributed by atoms with Crippen LogP contribution in [0.15, 0.2) is 42.5 Å². The van der Waals surface area contributed by atoms with Gasteiger partial charge in [0.2, 0.25) is 5.91 Å². The van der Waals surface area contributed by atoms with Gasteiger partial charge in [0.05, 0.1) is 0 Å². The fourth-order valence-corrected chi connectivity index (χ4v) is 3.09. The number of nitrogens with zero attached hydrogens (tertiary/aromatic N) is 1. The molecule has 1 heterocycles. The third kappa shape index (κ3) is 5.13. The molecule has 0 bridgehead atoms. The van der Waals surface area contributed by atoms with Crippen LogP contribution in [-0.4, -0.2) is 28.7 Å². The number of nitrogens with one attached hydrogen (secondary N) is 3. The predicted molar refractivity (Wildman–Crippen MR) is 103 cm³/mol. The van der Waals surface area contributed by atoms with Crippen molar-refractivity contribution in [1.29, 1.82) is 0 Å². The van der Waals surface area contributed by atoms with Gasteiger partial charge in [0, 0.05) is 24.3 Å². The third-order valence-electron chi connectivity index (χ3n) is 4.35. The van der Waals surface area contributed by atoms with E-state index in [1.54, 1.807) is 42.5 Å². The maximum absolute atomic E-state index is 12.5. The van der Waals surface area contributed by atoms with Crippen LogP contribution in [0.2, 0.25) is 0 Å². The minimum atomic E-state index is -0.425. The van der Waals surface area contributed by atoms with Crippen molar-refractivity contribution < 1.29 is 14.4 Å². The van der Waals surface area contributed by atoms with Crippen molar-refractivity contribution in [1.82, 2.24) is 10.3 Å². The number of amides is 3. The van der Waals surface area contributed by atoms with E-state index < -0.39 is 5.91 Å². The first-order valence-corrected chi connectivity index (χ1v) is 8.98. The number of hydrogen-bond donors (Lipinski definition) is 3. The van der Waals surface area contributed by atoms with E-state index in [9.17, 15) is 14.4 Å². The van der Waals surface area contributed by atoms with Gasteiger partial charge in [-0.3, -0.25) is 14.4 Å². The first-order chi connectivity index (χ1) is 13.0. The molecular formula is C20H22N4O3. The number of anilines is 2. The number of carbonyl (C=O) groups excluding carboxylic acids is 3. The number of carbonyl (C=O) groups is 3. The molecule has 3 N–H and O–H groups in total. The Morgan fingerprint density at radius 3 is 2.15 bits per heavy atom. The molecule has 1 aromatic heterocycles. The van der Waals surface area contributed by atoms with Crippen molar-refractivity contribution >= 4 is 29.1 Å². The van der Waals surface area contributed by atoms with Gasteiger partial charge in [-0.05, 0) is 43.2 Å². The first-order valence-electron chi connectivity index (χ1n) is 8.98. The van der Waals surface area contributed by atoms with Crippen LogP contribution in [0.4, 0.5) is 11.4 Å². The van der Waals surface area contributed by atoms with Gasteiger partial charge in [-0.25, -0.2) is 4.98 Å². The number of pyridine rings is 1. The maximum Gasteiger partial charge on any atom is 0.274 e. The Morgan fingerprint density at radius 2 is 1.48 bits per heavy atom. The second kappa shape index (κ2) is 8.44. The van der Waals surface area contributed by atoms with Crippen LogP contribution in [0.5, 0.6) is 0 Å². The summed E-state index contributed by atoms with van der Waals surface area (Å²) in [5, 5.41) is 8.35. The zero-order valence-corrected chi connectivity index (χ0v) is 15.1. The van der Waals surface area contributed by atoms with Crippen LogP contribution in [0.3, 0.4) is 0 Å². The second-order valence-corrected chi connectivity index (χ2v) is 6.58. The summed E-state index contributed by atoms with van der Waals surface area (Å²) in [4.78, 5) is 40.1. The van der Waals surface area contributed by atoms with E-state index >= 15 is 0 Å². The SMILES string of the molecule is CC(=O)Nc1cccc(NC(=O)c2cccc(C(=O)NC3CCCC3)n2)c1. The molecule has 2 aromatic rings. The van der Waals surface area contributed by atoms with Crippen molar-refractivity contribution in [3.8, 4) is 0 Å². The predicted octanol–water partition coefficient (Wildman–Crippen LogP) is 2.96. The highest BCUT2D eigenvalue weighted by Gasteiger charge is 2.19. The molecule has 0 unspecified atom stereocenters. The Hall–Kier alpha value is -3.22. The normalized spacial score (nSPS) is 13.8. The Labute approximate surface area is 157 Å². The Kier molecular flexibility index (Phi) is 5.80. The summed E-state index contributed by atoms with van der Waals surface area (Å²) >= 11 is 0. The molecular weight excluding hydrogens is 344 g/mol. The summed E-state index contributed by atoms with van der Waals surface area (Å²) < 4.78 is 0. The van der Waals surface area contributed by atoms with E-state index in [1.165, 1.54) is 6.92 Å². The lowest BCUT2D eigenvalue weighted by molar-refractivity contribution is -0.114. The summed E-state index contributed by atoms with van der Waals surface area (Å²) in [6.45, 7) is 1.41. The summed E-state index contributed by atoms with van der Waals surface area (Å²) in [5.41, 5.74) is 1.48. The number of hydrogen-bond acceptors (Lipinski definition) is 4. The fourth-order valence-electron chi connectivity index (χ4n) is 3.09. The van der Waals surface area contributed by atoms with E-state index in [0.29, 0.717) is 11.4 Å². The molecule has 0 radical (unpaired) electrons. The molecule has 140 valence electrons. The van der Waals surface area contributed by atoms with Gasteiger partial charge >= 0.3 is 0 Å². The van der Waals surface area contributed by atoms with Crippen LogP contribution in [0, 0.1) is 0 Å². The van der Waals surface area contributed by atoms with Gasteiger partial charge in [0.1, 0.15) is 11.4 Å². The lowest BCUT2D eigenvalue weighted by atomic mass is 10.2. The molecule has 27 heavy (non-hydrogen) atoms. The lowest BCUT2D eigenvalue weighted by Gasteiger charge is -2.12. The maximum atomic E-state index is 12.5. The van der Waals surface area contributed by atoms with Crippen LogP contribution in [0.1, 0.15) is 53.6 Å². The standard InChI is InChI=1S/C20H22N4O3/c1-13(25)21-15-8-4-9-16(12-15)23-20(27)18-11-5-10-17(24-18)19(26)22-14-6-2-3-7-14/h4-5,8-12,14H,2-3,6-7H2,1H3,(H,21,25)(H,22,26)(H,23,27). The summed E-state index contributed by atoms with van der Waals surface area (Å²) in [7, 11) is 0. The van der Waals surface area contributed by atoms with E-state index in [2.05, 4.69) is 20.9 Å². The zero-order valence-electron chi connectivity index (χ0n) is 15.1. The highest BCUT2D eigenvalue weighted by Crippen LogP contribution is 2.18. The molecule has 7 nitrogen and oxygen atoms in total. The molecule has 0 saturated heterocycles. The van der Waals surface area contributed by atoms with Crippen molar-refractivity contribution in [3.63, 3.8) is 0 Å². The highest BCUT2D eigenvalue weighted by molar-refractivity contribution is 6.04. The summed E-state index contributed by atoms with van der Waals surface area (Å²) in [6, 6.07) is 11.8. The quantitative estimate of drug-likeness (QED) is 0.757. The molecule has 1 aliphatic rings. The van der Waals surface area contributed by atoms with Gasteiger partial charge < -0.3 is 16.0 Å². The van der Waals surface area contributed by atoms with Crippen LogP contribution in [-0.2, 0) is 4.79 Å². The van der Waals surface area contributed by atoms with E-state index in [0.717, 1.165) is 25.7 Å². The molecule has 1 aliphatic carbocycles. The number of aromatic nitrogens is 1. The minimum absolute atomic E-state index is 0.152. The zero-order chi connectivity index (χ0) is 19.2. The number of benzene rings is 1. The third-order valence-corrected chi connectivity index (χ3v) is 4.35. The highest BCUT2D eigenvalue weighted by atomic mass is 16.2. The van der Waals surface area contributed by atoms with Gasteiger partial charge in [0.15, 0.2) is 0 Å². The minimum Gasteiger partial charge on any atom is -0.348 e. The topological polar surface area (TPSA) is 100 Å². The Bertz CT molecular complexity index is 860. The van der Waals surface area contributed by atoms with Crippen LogP contribution in [0.25, 0.3) is 0 Å². The summed E-state index contributed by atoms with van der Waals surface area (Å²) in [5.74, 6) is -0.879. The monoisotopic (exact) mass is 366 g/mol. The van der Waals surface area contributed by atoms with Crippen LogP contribution >= 0.6 is 0 Å². The van der Waals surface area contributed by atoms with Crippen molar-refractivity contribution in [2.45, 2.75) is 38.6 Å². The van der Waals surface area contributed by atoms with E-state index in [-0.39, 0.29) is 29.2 Å². The van der Waals surface area contributed by atoms with Crippen molar-refractivity contribution in [2.24, 2.45) is 0 Å². The molecule has 1 aromatic carbocycles. The smallest absolute Gasteiger partial charge is 0.274 e. The first kappa shape index (κ1) is 18.6. The molecule has 7 heteroatoms. The van der Waals surface area contributed by atoms with Gasteiger partial charge in [-0.15, -0.1) is 0 Å². The second-order valence-electron chi connectivity index (χ2n) is 6.58. The molecule has 1 saturated carbocycles. The van der Waals surface area contributed by atoms with E-state index in [4.69, 9.17) is 0 Å². The Morgan fingerprint density at radius 1 is 0.889 bits per heavy atom. The average molecular weight is 366 g/mol. The molecule has 0 aliphatic heterocycles. The van der Waals surface area contributed by atoms with Crippen molar-refractivity contribution in [3.05, 3.63) is 53.9 Å². The molecule has 3 amide bonds. The van der Waals surface area contributed by atoms with E-state index in [1.807, 2.05) is 0 Å². The Balaban J connectivity index is 1.68. The van der Waals surface area contributed by atoms with Gasteiger partial charge in [0.25, 0.3) is 11.8 Å². The van der Waals surface area contributed by atoms with Crippen LogP contribution < -0.4 is 16.0 Å². The number of rotatable bonds is 5. The lowest BCUT2D eigenvalue weighted by Crippen LogP contribution is -2.33.